The Morgan fingerprint density at radius 3 is 2.65 bits per heavy atom. The highest BCUT2D eigenvalue weighted by Crippen LogP contribution is 2.33. The molecule has 3 amide bonds. The van der Waals surface area contributed by atoms with Gasteiger partial charge in [0.2, 0.25) is 5.91 Å². The molecule has 0 radical (unpaired) electrons. The Balaban J connectivity index is 1.31. The number of halogens is 1. The van der Waals surface area contributed by atoms with Crippen molar-refractivity contribution >= 4 is 29.1 Å². The molecule has 0 saturated heterocycles. The van der Waals surface area contributed by atoms with Crippen LogP contribution >= 0.6 is 0 Å². The maximum absolute atomic E-state index is 13.4. The van der Waals surface area contributed by atoms with Gasteiger partial charge in [-0.15, -0.1) is 0 Å². The van der Waals surface area contributed by atoms with Crippen LogP contribution in [0.4, 0.5) is 15.8 Å². The van der Waals surface area contributed by atoms with Crippen LogP contribution in [0.25, 0.3) is 0 Å². The number of rotatable bonds is 7. The highest BCUT2D eigenvalue weighted by atomic mass is 19.1. The number of fused-ring (bicyclic) bond motifs is 1. The van der Waals surface area contributed by atoms with Crippen LogP contribution in [-0.4, -0.2) is 30.4 Å². The van der Waals surface area contributed by atoms with Crippen molar-refractivity contribution in [2.75, 3.05) is 16.8 Å². The zero-order chi connectivity index (χ0) is 24.1. The van der Waals surface area contributed by atoms with E-state index in [-0.39, 0.29) is 36.9 Å². The standard InChI is InChI=1S/C26H24FN3O4/c1-17-26(33)30(22-10-2-3-11-23(22)34-17)13-12-24(31)28-16-18-6-4-9-21(14-18)29-25(32)19-7-5-8-20(27)15-19/h2-11,14-15,17H,12-13,16H2,1H3,(H,28,31)(H,29,32). The van der Waals surface area contributed by atoms with Crippen molar-refractivity contribution in [3.05, 3.63) is 89.7 Å². The molecule has 174 valence electrons. The van der Waals surface area contributed by atoms with Gasteiger partial charge in [0.1, 0.15) is 11.6 Å². The Hall–Kier alpha value is -4.20. The van der Waals surface area contributed by atoms with Gasteiger partial charge in [-0.25, -0.2) is 4.39 Å². The molecule has 7 nitrogen and oxygen atoms in total. The number of carbonyl (C=O) groups is 3. The third-order valence-electron chi connectivity index (χ3n) is 5.40. The van der Waals surface area contributed by atoms with Gasteiger partial charge in [0, 0.05) is 30.8 Å². The summed E-state index contributed by atoms with van der Waals surface area (Å²) in [5.41, 5.74) is 2.18. The third kappa shape index (κ3) is 5.40. The molecule has 0 spiro atoms. The molecule has 8 heteroatoms. The van der Waals surface area contributed by atoms with Gasteiger partial charge in [-0.3, -0.25) is 14.4 Å². The van der Waals surface area contributed by atoms with Crippen molar-refractivity contribution in [2.24, 2.45) is 0 Å². The molecule has 0 aromatic heterocycles. The topological polar surface area (TPSA) is 87.7 Å². The molecule has 1 aliphatic rings. The van der Waals surface area contributed by atoms with E-state index < -0.39 is 17.8 Å². The molecule has 4 rings (SSSR count). The molecule has 2 N–H and O–H groups in total. The van der Waals surface area contributed by atoms with Crippen molar-refractivity contribution in [3.8, 4) is 5.75 Å². The fourth-order valence-electron chi connectivity index (χ4n) is 3.68. The number of hydrogen-bond acceptors (Lipinski definition) is 4. The van der Waals surface area contributed by atoms with Crippen LogP contribution in [0.1, 0.15) is 29.3 Å². The molecule has 3 aromatic carbocycles. The molecular formula is C26H24FN3O4. The van der Waals surface area contributed by atoms with Crippen molar-refractivity contribution in [2.45, 2.75) is 26.0 Å². The lowest BCUT2D eigenvalue weighted by atomic mass is 10.1. The predicted molar refractivity (Wildman–Crippen MR) is 126 cm³/mol. The molecule has 0 fully saturated rings. The first-order chi connectivity index (χ1) is 16.4. The summed E-state index contributed by atoms with van der Waals surface area (Å²) >= 11 is 0. The van der Waals surface area contributed by atoms with Gasteiger partial charge in [-0.2, -0.15) is 0 Å². The smallest absolute Gasteiger partial charge is 0.267 e. The van der Waals surface area contributed by atoms with E-state index in [1.165, 1.54) is 18.2 Å². The number of nitrogens with one attached hydrogen (secondary N) is 2. The summed E-state index contributed by atoms with van der Waals surface area (Å²) in [6, 6.07) is 19.7. The number of nitrogens with zero attached hydrogens (tertiary/aromatic N) is 1. The van der Waals surface area contributed by atoms with Crippen molar-refractivity contribution in [1.29, 1.82) is 0 Å². The van der Waals surface area contributed by atoms with E-state index in [2.05, 4.69) is 10.6 Å². The maximum Gasteiger partial charge on any atom is 0.267 e. The Labute approximate surface area is 196 Å². The number of anilines is 2. The minimum Gasteiger partial charge on any atom is -0.479 e. The lowest BCUT2D eigenvalue weighted by Gasteiger charge is -2.32. The fourth-order valence-corrected chi connectivity index (χ4v) is 3.68. The van der Waals surface area contributed by atoms with Crippen LogP contribution in [0.3, 0.4) is 0 Å². The first-order valence-electron chi connectivity index (χ1n) is 10.9. The summed E-state index contributed by atoms with van der Waals surface area (Å²) < 4.78 is 19.0. The Morgan fingerprint density at radius 1 is 1.03 bits per heavy atom. The first-order valence-corrected chi connectivity index (χ1v) is 10.9. The second-order valence-electron chi connectivity index (χ2n) is 7.91. The summed E-state index contributed by atoms with van der Waals surface area (Å²) in [6.07, 6.45) is -0.480. The van der Waals surface area contributed by atoms with E-state index in [9.17, 15) is 18.8 Å². The summed E-state index contributed by atoms with van der Waals surface area (Å²) in [6.45, 7) is 2.18. The quantitative estimate of drug-likeness (QED) is 0.559. The van der Waals surface area contributed by atoms with E-state index >= 15 is 0 Å². The summed E-state index contributed by atoms with van der Waals surface area (Å²) in [5, 5.41) is 5.56. The van der Waals surface area contributed by atoms with Gasteiger partial charge in [0.05, 0.1) is 5.69 Å². The van der Waals surface area contributed by atoms with Crippen LogP contribution in [-0.2, 0) is 16.1 Å². The largest absolute Gasteiger partial charge is 0.479 e. The normalized spacial score (nSPS) is 14.7. The predicted octanol–water partition coefficient (Wildman–Crippen LogP) is 3.90. The van der Waals surface area contributed by atoms with E-state index in [0.29, 0.717) is 17.1 Å². The first kappa shape index (κ1) is 23.0. The van der Waals surface area contributed by atoms with E-state index in [1.807, 2.05) is 18.2 Å². The maximum atomic E-state index is 13.4. The second-order valence-corrected chi connectivity index (χ2v) is 7.91. The monoisotopic (exact) mass is 461 g/mol. The molecule has 1 heterocycles. The van der Waals surface area contributed by atoms with E-state index in [0.717, 1.165) is 11.6 Å². The Kier molecular flexibility index (Phi) is 6.87. The molecule has 1 unspecified atom stereocenters. The van der Waals surface area contributed by atoms with Gasteiger partial charge in [0.15, 0.2) is 6.10 Å². The average Bonchev–Trinajstić information content (AvgIpc) is 2.83. The third-order valence-corrected chi connectivity index (χ3v) is 5.40. The second kappa shape index (κ2) is 10.2. The van der Waals surface area contributed by atoms with Crippen molar-refractivity contribution in [1.82, 2.24) is 5.32 Å². The number of carbonyl (C=O) groups excluding carboxylic acids is 3. The van der Waals surface area contributed by atoms with Gasteiger partial charge < -0.3 is 20.3 Å². The molecule has 1 aliphatic heterocycles. The summed E-state index contributed by atoms with van der Waals surface area (Å²) in [4.78, 5) is 38.9. The number of para-hydroxylation sites is 2. The zero-order valence-electron chi connectivity index (χ0n) is 18.6. The van der Waals surface area contributed by atoms with E-state index in [4.69, 9.17) is 4.74 Å². The molecule has 1 atom stereocenters. The van der Waals surface area contributed by atoms with Crippen LogP contribution in [0, 0.1) is 5.82 Å². The number of amides is 3. The molecule has 3 aromatic rings. The average molecular weight is 461 g/mol. The van der Waals surface area contributed by atoms with Gasteiger partial charge >= 0.3 is 0 Å². The summed E-state index contributed by atoms with van der Waals surface area (Å²) in [5.74, 6) is -0.690. The summed E-state index contributed by atoms with van der Waals surface area (Å²) in [7, 11) is 0. The van der Waals surface area contributed by atoms with Gasteiger partial charge in [-0.05, 0) is 55.0 Å². The molecule has 0 aliphatic carbocycles. The molecular weight excluding hydrogens is 437 g/mol. The van der Waals surface area contributed by atoms with Crippen LogP contribution in [0.5, 0.6) is 5.75 Å². The number of hydrogen-bond donors (Lipinski definition) is 2. The number of benzene rings is 3. The number of ether oxygens (including phenoxy) is 1. The molecule has 0 saturated carbocycles. The molecule has 0 bridgehead atoms. The SMILES string of the molecule is CC1Oc2ccccc2N(CCC(=O)NCc2cccc(NC(=O)c3cccc(F)c3)c2)C1=O. The minimum atomic E-state index is -0.608. The van der Waals surface area contributed by atoms with Crippen molar-refractivity contribution in [3.63, 3.8) is 0 Å². The van der Waals surface area contributed by atoms with Crippen LogP contribution in [0.15, 0.2) is 72.8 Å². The highest BCUT2D eigenvalue weighted by molar-refractivity contribution is 6.04. The fraction of sp³-hybridized carbons (Fsp3) is 0.192. The van der Waals surface area contributed by atoms with Crippen LogP contribution < -0.4 is 20.3 Å². The van der Waals surface area contributed by atoms with E-state index in [1.54, 1.807) is 42.2 Å². The van der Waals surface area contributed by atoms with Gasteiger partial charge in [-0.1, -0.05) is 30.3 Å². The van der Waals surface area contributed by atoms with Crippen molar-refractivity contribution < 1.29 is 23.5 Å². The van der Waals surface area contributed by atoms with Gasteiger partial charge in [0.25, 0.3) is 11.8 Å². The lowest BCUT2D eigenvalue weighted by Crippen LogP contribution is -2.45. The van der Waals surface area contributed by atoms with Crippen LogP contribution in [0.2, 0.25) is 0 Å². The minimum absolute atomic E-state index is 0.128. The lowest BCUT2D eigenvalue weighted by molar-refractivity contribution is -0.125. The molecule has 34 heavy (non-hydrogen) atoms. The Morgan fingerprint density at radius 2 is 1.82 bits per heavy atom. The zero-order valence-corrected chi connectivity index (χ0v) is 18.6. The Bertz CT molecular complexity index is 1230. The highest BCUT2D eigenvalue weighted by Gasteiger charge is 2.31.